The summed E-state index contributed by atoms with van der Waals surface area (Å²) < 4.78 is 41.3. The van der Waals surface area contributed by atoms with E-state index < -0.39 is 29.1 Å². The van der Waals surface area contributed by atoms with E-state index in [2.05, 4.69) is 10.6 Å². The van der Waals surface area contributed by atoms with Gasteiger partial charge in [-0.15, -0.1) is 0 Å². The van der Waals surface area contributed by atoms with Crippen molar-refractivity contribution < 1.29 is 27.6 Å². The highest BCUT2D eigenvalue weighted by Crippen LogP contribution is 2.43. The Morgan fingerprint density at radius 1 is 1.05 bits per heavy atom. The summed E-state index contributed by atoms with van der Waals surface area (Å²) in [6.45, 7) is 5.80. The summed E-state index contributed by atoms with van der Waals surface area (Å²) in [5.74, 6) is -1.03. The number of likely N-dealkylation sites (tertiary alicyclic amines) is 1. The molecule has 3 heterocycles. The van der Waals surface area contributed by atoms with Crippen molar-refractivity contribution in [2.24, 2.45) is 5.92 Å². The molecule has 3 aliphatic rings. The van der Waals surface area contributed by atoms with E-state index in [0.29, 0.717) is 38.9 Å². The molecule has 2 fully saturated rings. The smallest absolute Gasteiger partial charge is 0.344 e. The standard InChI is InChI=1S/C31H37F3N4O3/c1-30(2)24-11-5-6-12-26(24)38(29(30)41)22-13-16-37(17-14-22)28(40)25(36-27(39)21-9-7-15-35-19-21)18-20-8-3-4-10-23(20)31(32,33)34/h3-6,8,10-12,21-22,25,35H,7,9,13-19H2,1-2H3,(H,36,39). The van der Waals surface area contributed by atoms with Crippen molar-refractivity contribution in [3.05, 3.63) is 65.2 Å². The Kier molecular flexibility index (Phi) is 8.14. The van der Waals surface area contributed by atoms with Gasteiger partial charge in [0.15, 0.2) is 0 Å². The van der Waals surface area contributed by atoms with Gasteiger partial charge in [0.1, 0.15) is 6.04 Å². The Balaban J connectivity index is 1.33. The lowest BCUT2D eigenvalue weighted by atomic mass is 9.86. The summed E-state index contributed by atoms with van der Waals surface area (Å²) in [5.41, 5.74) is 0.392. The molecule has 41 heavy (non-hydrogen) atoms. The minimum absolute atomic E-state index is 0.0264. The molecule has 0 spiro atoms. The fourth-order valence-corrected chi connectivity index (χ4v) is 6.43. The van der Waals surface area contributed by atoms with Crippen LogP contribution >= 0.6 is 0 Å². The van der Waals surface area contributed by atoms with Crippen LogP contribution in [-0.4, -0.2) is 60.9 Å². The first-order valence-electron chi connectivity index (χ1n) is 14.4. The minimum Gasteiger partial charge on any atom is -0.344 e. The molecule has 10 heteroatoms. The molecule has 2 unspecified atom stereocenters. The van der Waals surface area contributed by atoms with E-state index in [9.17, 15) is 27.6 Å². The predicted molar refractivity (Wildman–Crippen MR) is 149 cm³/mol. The molecule has 7 nitrogen and oxygen atoms in total. The van der Waals surface area contributed by atoms with E-state index in [1.807, 2.05) is 43.0 Å². The number of nitrogens with one attached hydrogen (secondary N) is 2. The van der Waals surface area contributed by atoms with Crippen molar-refractivity contribution in [1.82, 2.24) is 15.5 Å². The number of carbonyl (C=O) groups excluding carboxylic acids is 3. The molecule has 2 N–H and O–H groups in total. The topological polar surface area (TPSA) is 81.8 Å². The van der Waals surface area contributed by atoms with Gasteiger partial charge in [-0.25, -0.2) is 0 Å². The maximum atomic E-state index is 13.8. The molecule has 2 aromatic carbocycles. The third-order valence-electron chi connectivity index (χ3n) is 8.76. The number of fused-ring (bicyclic) bond motifs is 1. The van der Waals surface area contributed by atoms with Crippen molar-refractivity contribution in [3.63, 3.8) is 0 Å². The third-order valence-corrected chi connectivity index (χ3v) is 8.76. The van der Waals surface area contributed by atoms with Crippen molar-refractivity contribution in [2.45, 2.75) is 69.6 Å². The Bertz CT molecular complexity index is 1300. The molecule has 0 aliphatic carbocycles. The van der Waals surface area contributed by atoms with Crippen molar-refractivity contribution in [1.29, 1.82) is 0 Å². The summed E-state index contributed by atoms with van der Waals surface area (Å²) in [7, 11) is 0. The Labute approximate surface area is 238 Å². The summed E-state index contributed by atoms with van der Waals surface area (Å²) in [6.07, 6.45) is -2.29. The van der Waals surface area contributed by atoms with Gasteiger partial charge in [-0.3, -0.25) is 14.4 Å². The van der Waals surface area contributed by atoms with Crippen LogP contribution in [0.25, 0.3) is 0 Å². The lowest BCUT2D eigenvalue weighted by Crippen LogP contribution is -2.56. The van der Waals surface area contributed by atoms with Gasteiger partial charge in [0, 0.05) is 37.8 Å². The second kappa shape index (κ2) is 11.5. The highest BCUT2D eigenvalue weighted by atomic mass is 19.4. The van der Waals surface area contributed by atoms with Crippen LogP contribution in [-0.2, 0) is 32.4 Å². The first-order chi connectivity index (χ1) is 19.5. The fraction of sp³-hybridized carbons (Fsp3) is 0.516. The number of rotatable bonds is 6. The van der Waals surface area contributed by atoms with Gasteiger partial charge in [0.05, 0.1) is 16.9 Å². The Morgan fingerprint density at radius 3 is 2.41 bits per heavy atom. The molecule has 0 bridgehead atoms. The summed E-state index contributed by atoms with van der Waals surface area (Å²) in [4.78, 5) is 43.8. The lowest BCUT2D eigenvalue weighted by molar-refractivity contribution is -0.140. The third kappa shape index (κ3) is 5.84. The second-order valence-corrected chi connectivity index (χ2v) is 11.8. The van der Waals surface area contributed by atoms with Crippen LogP contribution in [0.4, 0.5) is 18.9 Å². The average molecular weight is 571 g/mol. The largest absolute Gasteiger partial charge is 0.416 e. The average Bonchev–Trinajstić information content (AvgIpc) is 3.17. The zero-order valence-corrected chi connectivity index (χ0v) is 23.5. The SMILES string of the molecule is CC1(C)C(=O)N(C2CCN(C(=O)C(Cc3ccccc3C(F)(F)F)NC(=O)C3CCCNC3)CC2)c2ccccc21. The normalized spacial score (nSPS) is 21.9. The van der Waals surface area contributed by atoms with Crippen LogP contribution in [0.1, 0.15) is 56.2 Å². The zero-order valence-electron chi connectivity index (χ0n) is 23.5. The van der Waals surface area contributed by atoms with E-state index in [0.717, 1.165) is 30.3 Å². The molecule has 0 saturated carbocycles. The number of hydrogen-bond acceptors (Lipinski definition) is 4. The van der Waals surface area contributed by atoms with Crippen LogP contribution in [0.3, 0.4) is 0 Å². The summed E-state index contributed by atoms with van der Waals surface area (Å²) in [6, 6.07) is 11.7. The number of carbonyl (C=O) groups is 3. The van der Waals surface area contributed by atoms with Crippen LogP contribution in [0.2, 0.25) is 0 Å². The van der Waals surface area contributed by atoms with Gasteiger partial charge in [0.2, 0.25) is 17.7 Å². The van der Waals surface area contributed by atoms with Crippen molar-refractivity contribution in [2.75, 3.05) is 31.1 Å². The molecule has 3 aliphatic heterocycles. The number of nitrogens with zero attached hydrogens (tertiary/aromatic N) is 2. The van der Waals surface area contributed by atoms with Crippen LogP contribution in [0.15, 0.2) is 48.5 Å². The molecule has 0 aromatic heterocycles. The molecule has 220 valence electrons. The van der Waals surface area contributed by atoms with Gasteiger partial charge in [-0.2, -0.15) is 13.2 Å². The first-order valence-corrected chi connectivity index (χ1v) is 14.4. The number of amides is 3. The molecule has 3 amide bonds. The highest BCUT2D eigenvalue weighted by Gasteiger charge is 2.47. The van der Waals surface area contributed by atoms with Crippen LogP contribution in [0.5, 0.6) is 0 Å². The van der Waals surface area contributed by atoms with Crippen LogP contribution in [0, 0.1) is 5.92 Å². The minimum atomic E-state index is -4.58. The van der Waals surface area contributed by atoms with E-state index in [1.165, 1.54) is 18.2 Å². The molecule has 5 rings (SSSR count). The maximum Gasteiger partial charge on any atom is 0.416 e. The number of halogens is 3. The fourth-order valence-electron chi connectivity index (χ4n) is 6.43. The molecule has 2 aromatic rings. The molecule has 2 saturated heterocycles. The van der Waals surface area contributed by atoms with Crippen molar-refractivity contribution >= 4 is 23.4 Å². The Hall–Kier alpha value is -3.40. The van der Waals surface area contributed by atoms with E-state index in [-0.39, 0.29) is 35.8 Å². The second-order valence-electron chi connectivity index (χ2n) is 11.8. The number of hydrogen-bond donors (Lipinski definition) is 2. The first kappa shape index (κ1) is 29.1. The van der Waals surface area contributed by atoms with Gasteiger partial charge in [-0.05, 0) is 69.3 Å². The molecule has 0 radical (unpaired) electrons. The number of piperidine rings is 2. The molecular formula is C31H37F3N4O3. The van der Waals surface area contributed by atoms with E-state index in [4.69, 9.17) is 0 Å². The number of alkyl halides is 3. The summed E-state index contributed by atoms with van der Waals surface area (Å²) >= 11 is 0. The molecular weight excluding hydrogens is 533 g/mol. The monoisotopic (exact) mass is 570 g/mol. The number of anilines is 1. The van der Waals surface area contributed by atoms with E-state index in [1.54, 1.807) is 4.90 Å². The zero-order chi connectivity index (χ0) is 29.4. The van der Waals surface area contributed by atoms with Gasteiger partial charge in [-0.1, -0.05) is 36.4 Å². The number of para-hydroxylation sites is 1. The molecule has 2 atom stereocenters. The highest BCUT2D eigenvalue weighted by molar-refractivity contribution is 6.08. The van der Waals surface area contributed by atoms with Gasteiger partial charge >= 0.3 is 6.18 Å². The summed E-state index contributed by atoms with van der Waals surface area (Å²) in [5, 5.41) is 5.98. The lowest BCUT2D eigenvalue weighted by Gasteiger charge is -2.39. The van der Waals surface area contributed by atoms with Gasteiger partial charge in [0.25, 0.3) is 0 Å². The predicted octanol–water partition coefficient (Wildman–Crippen LogP) is 4.05. The quantitative estimate of drug-likeness (QED) is 0.549. The van der Waals surface area contributed by atoms with Crippen LogP contribution < -0.4 is 15.5 Å². The maximum absolute atomic E-state index is 13.8. The van der Waals surface area contributed by atoms with E-state index >= 15 is 0 Å². The number of benzene rings is 2. The Morgan fingerprint density at radius 2 is 1.73 bits per heavy atom. The van der Waals surface area contributed by atoms with Crippen molar-refractivity contribution in [3.8, 4) is 0 Å². The van der Waals surface area contributed by atoms with Gasteiger partial charge < -0.3 is 20.4 Å².